The van der Waals surface area contributed by atoms with Crippen molar-refractivity contribution in [1.29, 1.82) is 0 Å². The van der Waals surface area contributed by atoms with Crippen molar-refractivity contribution in [2.24, 2.45) is 5.92 Å². The molecule has 0 bridgehead atoms. The number of methoxy groups -OCH3 is 1. The average Bonchev–Trinajstić information content (AvgIpc) is 3.03. The number of anilines is 2. The number of aryl methyl sites for hydroxylation is 3. The van der Waals surface area contributed by atoms with Gasteiger partial charge in [-0.25, -0.2) is 9.78 Å². The molecule has 7 heteroatoms. The van der Waals surface area contributed by atoms with Gasteiger partial charge in [-0.2, -0.15) is 0 Å². The monoisotopic (exact) mass is 436 g/mol. The second kappa shape index (κ2) is 9.85. The summed E-state index contributed by atoms with van der Waals surface area (Å²) in [6, 6.07) is 8.29. The number of nitrogens with one attached hydrogen (secondary N) is 2. The predicted octanol–water partition coefficient (Wildman–Crippen LogP) is 5.06. The number of carbonyl (C=O) groups is 2. The van der Waals surface area contributed by atoms with Crippen LogP contribution in [0.3, 0.4) is 0 Å². The van der Waals surface area contributed by atoms with Crippen LogP contribution in [0.1, 0.15) is 54.4 Å². The van der Waals surface area contributed by atoms with Gasteiger partial charge in [-0.3, -0.25) is 4.79 Å². The molecule has 0 spiro atoms. The number of nitrogens with zero attached hydrogens (tertiary/aromatic N) is 2. The van der Waals surface area contributed by atoms with Crippen molar-refractivity contribution in [3.8, 4) is 0 Å². The summed E-state index contributed by atoms with van der Waals surface area (Å²) in [5.41, 5.74) is 5.85. The second-order valence-electron chi connectivity index (χ2n) is 8.61. The number of amides is 1. The van der Waals surface area contributed by atoms with Crippen LogP contribution < -0.4 is 10.6 Å². The molecule has 0 fully saturated rings. The number of pyridine rings is 1. The van der Waals surface area contributed by atoms with Gasteiger partial charge in [0.25, 0.3) is 0 Å². The highest BCUT2D eigenvalue weighted by Gasteiger charge is 2.25. The summed E-state index contributed by atoms with van der Waals surface area (Å²) in [4.78, 5) is 29.3. The van der Waals surface area contributed by atoms with Crippen LogP contribution in [0.2, 0.25) is 0 Å². The van der Waals surface area contributed by atoms with Crippen molar-refractivity contribution >= 4 is 34.3 Å². The molecule has 0 unspecified atom stereocenters. The summed E-state index contributed by atoms with van der Waals surface area (Å²) in [7, 11) is 1.34. The quantitative estimate of drug-likeness (QED) is 0.482. The fourth-order valence-corrected chi connectivity index (χ4v) is 3.78. The van der Waals surface area contributed by atoms with Crippen LogP contribution >= 0.6 is 0 Å². The molecule has 0 aliphatic heterocycles. The maximum absolute atomic E-state index is 12.7. The van der Waals surface area contributed by atoms with E-state index < -0.39 is 5.97 Å². The number of rotatable bonds is 8. The predicted molar refractivity (Wildman–Crippen MR) is 128 cm³/mol. The number of benzene rings is 1. The molecule has 2 aromatic heterocycles. The van der Waals surface area contributed by atoms with Gasteiger partial charge < -0.3 is 19.9 Å². The number of ether oxygens (including phenoxy) is 1. The van der Waals surface area contributed by atoms with Gasteiger partial charge in [0, 0.05) is 25.4 Å². The molecule has 0 saturated carbocycles. The number of carbonyl (C=O) groups excluding carboxylic acids is 2. The molecule has 7 nitrogen and oxygen atoms in total. The Morgan fingerprint density at radius 1 is 1.19 bits per heavy atom. The molecular weight excluding hydrogens is 404 g/mol. The fourth-order valence-electron chi connectivity index (χ4n) is 3.78. The van der Waals surface area contributed by atoms with E-state index in [9.17, 15) is 9.59 Å². The standard InChI is InChI=1S/C25H32N4O3/c1-15(2)9-10-29-23(25(31)32-6)22(28-18(5)30)21-12-20(14-27-24(21)29)26-13-19-8-7-16(3)11-17(19)4/h7-8,11-12,14-15,26H,9-10,13H2,1-6H3,(H,28,30). The van der Waals surface area contributed by atoms with Crippen LogP contribution in [0.25, 0.3) is 11.0 Å². The summed E-state index contributed by atoms with van der Waals surface area (Å²) in [5, 5.41) is 6.95. The van der Waals surface area contributed by atoms with Crippen LogP contribution in [-0.4, -0.2) is 28.5 Å². The van der Waals surface area contributed by atoms with E-state index in [0.29, 0.717) is 41.4 Å². The third-order valence-electron chi connectivity index (χ3n) is 5.49. The van der Waals surface area contributed by atoms with Crippen molar-refractivity contribution < 1.29 is 14.3 Å². The summed E-state index contributed by atoms with van der Waals surface area (Å²) in [6.45, 7) is 11.1. The number of esters is 1. The Kier molecular flexibility index (Phi) is 7.18. The Hall–Kier alpha value is -3.35. The zero-order valence-corrected chi connectivity index (χ0v) is 19.7. The van der Waals surface area contributed by atoms with Gasteiger partial charge in [0.2, 0.25) is 5.91 Å². The van der Waals surface area contributed by atoms with Crippen molar-refractivity contribution in [3.63, 3.8) is 0 Å². The van der Waals surface area contributed by atoms with Gasteiger partial charge in [-0.1, -0.05) is 37.6 Å². The SMILES string of the molecule is COC(=O)c1c(NC(C)=O)c2cc(NCc3ccc(C)cc3C)cnc2n1CCC(C)C. The van der Waals surface area contributed by atoms with E-state index >= 15 is 0 Å². The number of hydrogen-bond donors (Lipinski definition) is 2. The summed E-state index contributed by atoms with van der Waals surface area (Å²) in [5.74, 6) is -0.312. The third kappa shape index (κ3) is 5.10. The zero-order chi connectivity index (χ0) is 23.4. The van der Waals surface area contributed by atoms with E-state index in [1.54, 1.807) is 6.20 Å². The van der Waals surface area contributed by atoms with E-state index in [1.165, 1.54) is 30.7 Å². The van der Waals surface area contributed by atoms with E-state index in [4.69, 9.17) is 4.74 Å². The molecule has 2 heterocycles. The summed E-state index contributed by atoms with van der Waals surface area (Å²) in [6.07, 6.45) is 2.62. The van der Waals surface area contributed by atoms with Crippen LogP contribution in [0.15, 0.2) is 30.5 Å². The van der Waals surface area contributed by atoms with Crippen molar-refractivity contribution in [2.45, 2.75) is 54.1 Å². The van der Waals surface area contributed by atoms with Gasteiger partial charge in [-0.15, -0.1) is 0 Å². The van der Waals surface area contributed by atoms with Crippen LogP contribution in [-0.2, 0) is 22.6 Å². The Labute approximate surface area is 189 Å². The lowest BCUT2D eigenvalue weighted by Gasteiger charge is -2.12. The lowest BCUT2D eigenvalue weighted by molar-refractivity contribution is -0.114. The number of fused-ring (bicyclic) bond motifs is 1. The van der Waals surface area contributed by atoms with E-state index in [2.05, 4.69) is 61.5 Å². The number of aromatic nitrogens is 2. The van der Waals surface area contributed by atoms with Gasteiger partial charge in [0.05, 0.1) is 24.7 Å². The van der Waals surface area contributed by atoms with Gasteiger partial charge in [0.1, 0.15) is 5.65 Å². The Balaban J connectivity index is 2.05. The van der Waals surface area contributed by atoms with E-state index in [-0.39, 0.29) is 5.91 Å². The molecule has 170 valence electrons. The molecule has 0 aliphatic carbocycles. The highest BCUT2D eigenvalue weighted by Crippen LogP contribution is 2.33. The van der Waals surface area contributed by atoms with Crippen LogP contribution in [0, 0.1) is 19.8 Å². The van der Waals surface area contributed by atoms with Crippen molar-refractivity contribution in [3.05, 3.63) is 52.8 Å². The van der Waals surface area contributed by atoms with Crippen molar-refractivity contribution in [2.75, 3.05) is 17.7 Å². The van der Waals surface area contributed by atoms with E-state index in [1.807, 2.05) is 10.6 Å². The molecule has 32 heavy (non-hydrogen) atoms. The Morgan fingerprint density at radius 2 is 1.94 bits per heavy atom. The maximum atomic E-state index is 12.7. The van der Waals surface area contributed by atoms with Crippen molar-refractivity contribution in [1.82, 2.24) is 9.55 Å². The molecule has 1 amide bonds. The molecular formula is C25H32N4O3. The first kappa shape index (κ1) is 23.3. The molecule has 1 aromatic carbocycles. The Bertz CT molecular complexity index is 1150. The number of hydrogen-bond acceptors (Lipinski definition) is 5. The minimum Gasteiger partial charge on any atom is -0.464 e. The highest BCUT2D eigenvalue weighted by atomic mass is 16.5. The first-order chi connectivity index (χ1) is 15.2. The smallest absolute Gasteiger partial charge is 0.356 e. The lowest BCUT2D eigenvalue weighted by Crippen LogP contribution is -2.16. The maximum Gasteiger partial charge on any atom is 0.356 e. The molecule has 0 atom stereocenters. The van der Waals surface area contributed by atoms with Crippen LogP contribution in [0.4, 0.5) is 11.4 Å². The second-order valence-corrected chi connectivity index (χ2v) is 8.61. The molecule has 3 rings (SSSR count). The normalized spacial score (nSPS) is 11.1. The summed E-state index contributed by atoms with van der Waals surface area (Å²) < 4.78 is 6.89. The fraction of sp³-hybridized carbons (Fsp3) is 0.400. The average molecular weight is 437 g/mol. The third-order valence-corrected chi connectivity index (χ3v) is 5.49. The highest BCUT2D eigenvalue weighted by molar-refractivity contribution is 6.10. The largest absolute Gasteiger partial charge is 0.464 e. The minimum atomic E-state index is -0.500. The molecule has 0 saturated heterocycles. The first-order valence-corrected chi connectivity index (χ1v) is 10.9. The minimum absolute atomic E-state index is 0.258. The van der Waals surface area contributed by atoms with Gasteiger partial charge in [-0.05, 0) is 43.4 Å². The first-order valence-electron chi connectivity index (χ1n) is 10.9. The lowest BCUT2D eigenvalue weighted by atomic mass is 10.1. The molecule has 3 aromatic rings. The van der Waals surface area contributed by atoms with Crippen LogP contribution in [0.5, 0.6) is 0 Å². The molecule has 2 N–H and O–H groups in total. The topological polar surface area (TPSA) is 85.2 Å². The zero-order valence-electron chi connectivity index (χ0n) is 19.7. The van der Waals surface area contributed by atoms with Gasteiger partial charge >= 0.3 is 5.97 Å². The summed E-state index contributed by atoms with van der Waals surface area (Å²) >= 11 is 0. The van der Waals surface area contributed by atoms with Gasteiger partial charge in [0.15, 0.2) is 5.69 Å². The Morgan fingerprint density at radius 3 is 2.56 bits per heavy atom. The van der Waals surface area contributed by atoms with E-state index in [0.717, 1.165) is 12.1 Å². The molecule has 0 aliphatic rings. The molecule has 0 radical (unpaired) electrons.